The van der Waals surface area contributed by atoms with Gasteiger partial charge in [0.1, 0.15) is 7.11 Å². The molecule has 0 fully saturated rings. The van der Waals surface area contributed by atoms with E-state index in [9.17, 15) is 0 Å². The largest absolute Gasteiger partial charge is 0.399 e. The molecule has 1 N–H and O–H groups in total. The van der Waals surface area contributed by atoms with Crippen LogP contribution in [0.5, 0.6) is 0 Å². The van der Waals surface area contributed by atoms with E-state index in [4.69, 9.17) is 4.84 Å². The first kappa shape index (κ1) is 11.6. The molecule has 0 aromatic carbocycles. The second kappa shape index (κ2) is 5.48. The van der Waals surface area contributed by atoms with Crippen molar-refractivity contribution in [2.24, 2.45) is 5.16 Å². The zero-order chi connectivity index (χ0) is 11.4. The number of rotatable bonds is 3. The standard InChI is InChI=1S/C13H22N2O/c1-3-14-11-7-8-12-10(9-11)5-4-6-13(12)15-16-2/h11,14H,3-9H2,1-2H3. The SMILES string of the molecule is CCNC1CCC2=C(CCCC2=NOC)C1. The molecule has 0 heterocycles. The lowest BCUT2D eigenvalue weighted by Crippen LogP contribution is -2.33. The fourth-order valence-electron chi connectivity index (χ4n) is 2.91. The molecular weight excluding hydrogens is 200 g/mol. The first-order chi connectivity index (χ1) is 7.85. The van der Waals surface area contributed by atoms with Crippen molar-refractivity contribution >= 4 is 5.71 Å². The van der Waals surface area contributed by atoms with Crippen LogP contribution in [0.4, 0.5) is 0 Å². The van der Waals surface area contributed by atoms with E-state index in [1.807, 2.05) is 0 Å². The zero-order valence-electron chi connectivity index (χ0n) is 10.4. The van der Waals surface area contributed by atoms with Gasteiger partial charge in [-0.25, -0.2) is 0 Å². The minimum absolute atomic E-state index is 0.686. The smallest absolute Gasteiger partial charge is 0.106 e. The van der Waals surface area contributed by atoms with Gasteiger partial charge in [0.2, 0.25) is 0 Å². The first-order valence-corrected chi connectivity index (χ1v) is 6.39. The van der Waals surface area contributed by atoms with Gasteiger partial charge in [-0.15, -0.1) is 0 Å². The lowest BCUT2D eigenvalue weighted by molar-refractivity contribution is 0.212. The van der Waals surface area contributed by atoms with Gasteiger partial charge in [-0.05, 0) is 50.6 Å². The molecule has 90 valence electrons. The van der Waals surface area contributed by atoms with Crippen LogP contribution in [-0.4, -0.2) is 25.4 Å². The van der Waals surface area contributed by atoms with Crippen LogP contribution in [-0.2, 0) is 4.84 Å². The van der Waals surface area contributed by atoms with E-state index in [-0.39, 0.29) is 0 Å². The van der Waals surface area contributed by atoms with Gasteiger partial charge in [0.15, 0.2) is 0 Å². The number of nitrogens with zero attached hydrogens (tertiary/aromatic N) is 1. The lowest BCUT2D eigenvalue weighted by Gasteiger charge is -2.31. The quantitative estimate of drug-likeness (QED) is 0.745. The third-order valence-electron chi connectivity index (χ3n) is 3.60. The summed E-state index contributed by atoms with van der Waals surface area (Å²) in [6.07, 6.45) is 7.23. The van der Waals surface area contributed by atoms with Gasteiger partial charge in [0, 0.05) is 6.04 Å². The summed E-state index contributed by atoms with van der Waals surface area (Å²) in [6, 6.07) is 0.686. The molecule has 0 bridgehead atoms. The Morgan fingerprint density at radius 2 is 2.25 bits per heavy atom. The van der Waals surface area contributed by atoms with Crippen LogP contribution in [0.15, 0.2) is 16.3 Å². The molecule has 2 aliphatic carbocycles. The van der Waals surface area contributed by atoms with E-state index >= 15 is 0 Å². The van der Waals surface area contributed by atoms with Crippen LogP contribution >= 0.6 is 0 Å². The van der Waals surface area contributed by atoms with E-state index in [2.05, 4.69) is 17.4 Å². The predicted molar refractivity (Wildman–Crippen MR) is 66.6 cm³/mol. The second-order valence-electron chi connectivity index (χ2n) is 4.65. The molecule has 0 aromatic rings. The van der Waals surface area contributed by atoms with Gasteiger partial charge in [0.05, 0.1) is 5.71 Å². The van der Waals surface area contributed by atoms with Gasteiger partial charge >= 0.3 is 0 Å². The molecule has 0 aromatic heterocycles. The molecule has 0 aliphatic heterocycles. The highest BCUT2D eigenvalue weighted by atomic mass is 16.6. The number of hydrogen-bond acceptors (Lipinski definition) is 3. The minimum atomic E-state index is 0.686. The zero-order valence-corrected chi connectivity index (χ0v) is 10.4. The molecule has 0 radical (unpaired) electrons. The van der Waals surface area contributed by atoms with Crippen LogP contribution in [0.3, 0.4) is 0 Å². The summed E-state index contributed by atoms with van der Waals surface area (Å²) in [5, 5.41) is 7.74. The fraction of sp³-hybridized carbons (Fsp3) is 0.769. The number of allylic oxidation sites excluding steroid dienone is 1. The van der Waals surface area contributed by atoms with Crippen molar-refractivity contribution in [2.45, 2.75) is 51.5 Å². The van der Waals surface area contributed by atoms with Crippen molar-refractivity contribution in [3.8, 4) is 0 Å². The third kappa shape index (κ3) is 2.46. The Bertz CT molecular complexity index is 307. The van der Waals surface area contributed by atoms with Crippen molar-refractivity contribution in [3.63, 3.8) is 0 Å². The predicted octanol–water partition coefficient (Wildman–Crippen LogP) is 2.63. The molecule has 0 amide bonds. The monoisotopic (exact) mass is 222 g/mol. The average molecular weight is 222 g/mol. The highest BCUT2D eigenvalue weighted by molar-refractivity contribution is 6.01. The Morgan fingerprint density at radius 3 is 3.00 bits per heavy atom. The minimum Gasteiger partial charge on any atom is -0.399 e. The average Bonchev–Trinajstić information content (AvgIpc) is 2.30. The summed E-state index contributed by atoms with van der Waals surface area (Å²) in [7, 11) is 1.64. The molecule has 0 spiro atoms. The first-order valence-electron chi connectivity index (χ1n) is 6.39. The molecule has 1 atom stereocenters. The van der Waals surface area contributed by atoms with Gasteiger partial charge in [-0.2, -0.15) is 0 Å². The van der Waals surface area contributed by atoms with E-state index < -0.39 is 0 Å². The van der Waals surface area contributed by atoms with Crippen LogP contribution in [0.25, 0.3) is 0 Å². The van der Waals surface area contributed by atoms with Crippen molar-refractivity contribution in [1.82, 2.24) is 5.32 Å². The summed E-state index contributed by atoms with van der Waals surface area (Å²) in [5.41, 5.74) is 4.33. The van der Waals surface area contributed by atoms with E-state index in [1.54, 1.807) is 12.7 Å². The van der Waals surface area contributed by atoms with Crippen molar-refractivity contribution in [1.29, 1.82) is 0 Å². The van der Waals surface area contributed by atoms with E-state index in [0.717, 1.165) is 13.0 Å². The maximum Gasteiger partial charge on any atom is 0.106 e. The number of nitrogens with one attached hydrogen (secondary N) is 1. The van der Waals surface area contributed by atoms with Gasteiger partial charge < -0.3 is 10.2 Å². The molecule has 16 heavy (non-hydrogen) atoms. The number of oxime groups is 1. The molecule has 2 aliphatic rings. The molecule has 3 nitrogen and oxygen atoms in total. The van der Waals surface area contributed by atoms with Gasteiger partial charge in [-0.1, -0.05) is 17.7 Å². The van der Waals surface area contributed by atoms with Crippen LogP contribution in [0.1, 0.15) is 45.4 Å². The van der Waals surface area contributed by atoms with Gasteiger partial charge in [-0.3, -0.25) is 0 Å². The second-order valence-corrected chi connectivity index (χ2v) is 4.65. The molecule has 0 saturated carbocycles. The summed E-state index contributed by atoms with van der Waals surface area (Å²) in [6.45, 7) is 3.26. The highest BCUT2D eigenvalue weighted by Gasteiger charge is 2.26. The summed E-state index contributed by atoms with van der Waals surface area (Å²) in [4.78, 5) is 4.94. The molecule has 1 unspecified atom stereocenters. The summed E-state index contributed by atoms with van der Waals surface area (Å²) >= 11 is 0. The molecule has 0 saturated heterocycles. The van der Waals surface area contributed by atoms with E-state index in [1.165, 1.54) is 43.4 Å². The molecule has 2 rings (SSSR count). The Balaban J connectivity index is 2.11. The van der Waals surface area contributed by atoms with E-state index in [0.29, 0.717) is 6.04 Å². The molecular formula is C13H22N2O. The Morgan fingerprint density at radius 1 is 1.38 bits per heavy atom. The van der Waals surface area contributed by atoms with Crippen LogP contribution in [0.2, 0.25) is 0 Å². The third-order valence-corrected chi connectivity index (χ3v) is 3.60. The normalized spacial score (nSPS) is 28.1. The van der Waals surface area contributed by atoms with Gasteiger partial charge in [0.25, 0.3) is 0 Å². The summed E-state index contributed by atoms with van der Waals surface area (Å²) < 4.78 is 0. The Labute approximate surface area is 97.9 Å². The maximum absolute atomic E-state index is 4.94. The topological polar surface area (TPSA) is 33.6 Å². The van der Waals surface area contributed by atoms with Crippen molar-refractivity contribution < 1.29 is 4.84 Å². The fourth-order valence-corrected chi connectivity index (χ4v) is 2.91. The van der Waals surface area contributed by atoms with Crippen molar-refractivity contribution in [2.75, 3.05) is 13.7 Å². The van der Waals surface area contributed by atoms with Crippen molar-refractivity contribution in [3.05, 3.63) is 11.1 Å². The Hall–Kier alpha value is -0.830. The summed E-state index contributed by atoms with van der Waals surface area (Å²) in [5.74, 6) is 0. The van der Waals surface area contributed by atoms with Crippen LogP contribution in [0, 0.1) is 0 Å². The lowest BCUT2D eigenvalue weighted by atomic mass is 9.79. The molecule has 3 heteroatoms. The number of hydrogen-bond donors (Lipinski definition) is 1. The van der Waals surface area contributed by atoms with Crippen LogP contribution < -0.4 is 5.32 Å². The highest BCUT2D eigenvalue weighted by Crippen LogP contribution is 2.34. The maximum atomic E-state index is 4.94. The Kier molecular flexibility index (Phi) is 3.99.